The fraction of sp³-hybridized carbons (Fsp3) is 0.227. The minimum atomic E-state index is -0.443. The van der Waals surface area contributed by atoms with Crippen LogP contribution in [0.25, 0.3) is 0 Å². The van der Waals surface area contributed by atoms with Crippen molar-refractivity contribution in [1.82, 2.24) is 19.8 Å². The van der Waals surface area contributed by atoms with Gasteiger partial charge in [0.1, 0.15) is 6.04 Å². The number of imidazole rings is 1. The summed E-state index contributed by atoms with van der Waals surface area (Å²) in [4.78, 5) is 31.2. The number of rotatable bonds is 6. The molecule has 0 radical (unpaired) electrons. The Balaban J connectivity index is 1.37. The van der Waals surface area contributed by atoms with Gasteiger partial charge >= 0.3 is 0 Å². The predicted molar refractivity (Wildman–Crippen MR) is 113 cm³/mol. The monoisotopic (exact) mass is 406 g/mol. The molecule has 4 rings (SSSR count). The molecule has 0 spiro atoms. The number of amides is 2. The molecule has 6 nitrogen and oxygen atoms in total. The van der Waals surface area contributed by atoms with Crippen LogP contribution in [0.15, 0.2) is 73.3 Å². The number of hydrogen-bond acceptors (Lipinski definition) is 4. The Morgan fingerprint density at radius 2 is 1.93 bits per heavy atom. The van der Waals surface area contributed by atoms with Crippen LogP contribution in [0, 0.1) is 0 Å². The molecule has 1 aliphatic rings. The van der Waals surface area contributed by atoms with Crippen molar-refractivity contribution in [1.29, 1.82) is 0 Å². The van der Waals surface area contributed by atoms with Crippen LogP contribution in [-0.4, -0.2) is 43.9 Å². The van der Waals surface area contributed by atoms with E-state index in [9.17, 15) is 9.59 Å². The van der Waals surface area contributed by atoms with Gasteiger partial charge in [0.15, 0.2) is 0 Å². The third kappa shape index (κ3) is 4.68. The van der Waals surface area contributed by atoms with Crippen molar-refractivity contribution in [3.05, 3.63) is 90.0 Å². The molecule has 3 aromatic rings. The highest BCUT2D eigenvalue weighted by Crippen LogP contribution is 2.23. The molecule has 1 aromatic heterocycles. The average Bonchev–Trinajstić information content (AvgIpc) is 3.44. The first-order valence-electron chi connectivity index (χ1n) is 9.46. The summed E-state index contributed by atoms with van der Waals surface area (Å²) in [5.74, 6) is 0.939. The van der Waals surface area contributed by atoms with E-state index in [0.717, 1.165) is 17.7 Å². The Bertz CT molecular complexity index is 975. The zero-order valence-corrected chi connectivity index (χ0v) is 16.7. The number of hydrogen-bond donors (Lipinski definition) is 1. The van der Waals surface area contributed by atoms with Gasteiger partial charge in [-0.25, -0.2) is 4.98 Å². The van der Waals surface area contributed by atoms with Gasteiger partial charge in [0.05, 0.1) is 12.2 Å². The molecule has 1 N–H and O–H groups in total. The third-order valence-electron chi connectivity index (χ3n) is 4.85. The van der Waals surface area contributed by atoms with Gasteiger partial charge in [-0.15, -0.1) is 11.8 Å². The van der Waals surface area contributed by atoms with Gasteiger partial charge in [-0.05, 0) is 23.3 Å². The summed E-state index contributed by atoms with van der Waals surface area (Å²) in [6, 6.07) is 16.8. The Hall–Kier alpha value is -3.06. The lowest BCUT2D eigenvalue weighted by molar-refractivity contribution is -0.124. The lowest BCUT2D eigenvalue weighted by Gasteiger charge is -2.23. The molecule has 7 heteroatoms. The Labute approximate surface area is 173 Å². The second-order valence-electron chi connectivity index (χ2n) is 6.93. The molecule has 0 bridgehead atoms. The van der Waals surface area contributed by atoms with Gasteiger partial charge in [-0.3, -0.25) is 9.59 Å². The van der Waals surface area contributed by atoms with E-state index in [1.807, 2.05) is 41.1 Å². The standard InChI is InChI=1S/C22H22N4O2S/c27-21(20-14-29-16-26(20)22(28)19-7-2-1-3-8-19)24-12-17-5-4-6-18(11-17)13-25-10-9-23-15-25/h1-11,15,20H,12-14,16H2,(H,24,27). The molecule has 0 saturated carbocycles. The highest BCUT2D eigenvalue weighted by atomic mass is 32.2. The highest BCUT2D eigenvalue weighted by Gasteiger charge is 2.34. The van der Waals surface area contributed by atoms with Crippen LogP contribution in [-0.2, 0) is 17.9 Å². The van der Waals surface area contributed by atoms with Gasteiger partial charge in [0.25, 0.3) is 5.91 Å². The van der Waals surface area contributed by atoms with E-state index in [4.69, 9.17) is 0 Å². The van der Waals surface area contributed by atoms with Gasteiger partial charge in [0, 0.05) is 36.8 Å². The molecule has 2 aromatic carbocycles. The molecule has 1 atom stereocenters. The normalized spacial score (nSPS) is 16.0. The van der Waals surface area contributed by atoms with Crippen LogP contribution in [0.4, 0.5) is 0 Å². The van der Waals surface area contributed by atoms with Gasteiger partial charge in [0.2, 0.25) is 5.91 Å². The van der Waals surface area contributed by atoms with Crippen molar-refractivity contribution in [2.75, 3.05) is 11.6 Å². The smallest absolute Gasteiger partial charge is 0.255 e. The summed E-state index contributed by atoms with van der Waals surface area (Å²) >= 11 is 1.60. The molecule has 0 aliphatic carbocycles. The molecule has 2 heterocycles. The summed E-state index contributed by atoms with van der Waals surface area (Å²) < 4.78 is 2.00. The average molecular weight is 407 g/mol. The zero-order chi connectivity index (χ0) is 20.1. The minimum absolute atomic E-state index is 0.0990. The van der Waals surface area contributed by atoms with Crippen LogP contribution in [0.3, 0.4) is 0 Å². The zero-order valence-electron chi connectivity index (χ0n) is 15.9. The number of nitrogens with one attached hydrogen (secondary N) is 1. The van der Waals surface area contributed by atoms with Crippen LogP contribution in [0.2, 0.25) is 0 Å². The van der Waals surface area contributed by atoms with E-state index in [-0.39, 0.29) is 11.8 Å². The molecule has 1 unspecified atom stereocenters. The summed E-state index contributed by atoms with van der Waals surface area (Å²) in [5, 5.41) is 3.00. The van der Waals surface area contributed by atoms with Gasteiger partial charge in [-0.1, -0.05) is 42.5 Å². The second-order valence-corrected chi connectivity index (χ2v) is 7.93. The summed E-state index contributed by atoms with van der Waals surface area (Å²) in [7, 11) is 0. The van der Waals surface area contributed by atoms with Crippen molar-refractivity contribution < 1.29 is 9.59 Å². The molecule has 1 saturated heterocycles. The van der Waals surface area contributed by atoms with Crippen LogP contribution < -0.4 is 5.32 Å². The van der Waals surface area contributed by atoms with E-state index in [2.05, 4.69) is 22.4 Å². The van der Waals surface area contributed by atoms with Gasteiger partial charge < -0.3 is 14.8 Å². The van der Waals surface area contributed by atoms with Gasteiger partial charge in [-0.2, -0.15) is 0 Å². The highest BCUT2D eigenvalue weighted by molar-refractivity contribution is 7.99. The minimum Gasteiger partial charge on any atom is -0.350 e. The maximum Gasteiger partial charge on any atom is 0.255 e. The largest absolute Gasteiger partial charge is 0.350 e. The molecular weight excluding hydrogens is 384 g/mol. The maximum absolute atomic E-state index is 12.8. The van der Waals surface area contributed by atoms with Crippen molar-refractivity contribution >= 4 is 23.6 Å². The lowest BCUT2D eigenvalue weighted by Crippen LogP contribution is -2.47. The molecule has 1 aliphatic heterocycles. The van der Waals surface area contributed by atoms with E-state index >= 15 is 0 Å². The molecule has 29 heavy (non-hydrogen) atoms. The summed E-state index contributed by atoms with van der Waals surface area (Å²) in [5.41, 5.74) is 2.79. The Kier molecular flexibility index (Phi) is 5.95. The van der Waals surface area contributed by atoms with Crippen molar-refractivity contribution in [3.8, 4) is 0 Å². The Morgan fingerprint density at radius 1 is 1.10 bits per heavy atom. The first-order valence-corrected chi connectivity index (χ1v) is 10.6. The lowest BCUT2D eigenvalue weighted by atomic mass is 10.1. The molecule has 2 amide bonds. The molecule has 1 fully saturated rings. The van der Waals surface area contributed by atoms with E-state index in [1.165, 1.54) is 0 Å². The van der Waals surface area contributed by atoms with Crippen LogP contribution in [0.5, 0.6) is 0 Å². The van der Waals surface area contributed by atoms with Crippen LogP contribution in [0.1, 0.15) is 21.5 Å². The second kappa shape index (κ2) is 8.96. The van der Waals surface area contributed by atoms with E-state index < -0.39 is 6.04 Å². The quantitative estimate of drug-likeness (QED) is 0.684. The Morgan fingerprint density at radius 3 is 2.72 bits per heavy atom. The predicted octanol–water partition coefficient (Wildman–Crippen LogP) is 2.76. The topological polar surface area (TPSA) is 67.2 Å². The first-order chi connectivity index (χ1) is 14.2. The van der Waals surface area contributed by atoms with E-state index in [0.29, 0.717) is 23.7 Å². The number of nitrogens with zero attached hydrogens (tertiary/aromatic N) is 3. The third-order valence-corrected chi connectivity index (χ3v) is 5.86. The molecule has 148 valence electrons. The number of thioether (sulfide) groups is 1. The number of aromatic nitrogens is 2. The van der Waals surface area contributed by atoms with Crippen molar-refractivity contribution in [3.63, 3.8) is 0 Å². The number of carbonyl (C=O) groups excluding carboxylic acids is 2. The number of benzene rings is 2. The fourth-order valence-electron chi connectivity index (χ4n) is 3.34. The van der Waals surface area contributed by atoms with Crippen molar-refractivity contribution in [2.24, 2.45) is 0 Å². The summed E-state index contributed by atoms with van der Waals surface area (Å²) in [6.07, 6.45) is 5.46. The fourth-order valence-corrected chi connectivity index (χ4v) is 4.50. The summed E-state index contributed by atoms with van der Waals surface area (Å²) in [6.45, 7) is 1.17. The van der Waals surface area contributed by atoms with Crippen molar-refractivity contribution in [2.45, 2.75) is 19.1 Å². The number of carbonyl (C=O) groups is 2. The first kappa shape index (κ1) is 19.3. The maximum atomic E-state index is 12.8. The SMILES string of the molecule is O=C(NCc1cccc(Cn2ccnc2)c1)C1CSCN1C(=O)c1ccccc1. The van der Waals surface area contributed by atoms with Crippen LogP contribution >= 0.6 is 11.8 Å². The van der Waals surface area contributed by atoms with E-state index in [1.54, 1.807) is 41.3 Å². The molecular formula is C22H22N4O2S.